The fourth-order valence-corrected chi connectivity index (χ4v) is 9.66. The molecule has 0 bridgehead atoms. The first-order valence-corrected chi connectivity index (χ1v) is 20.0. The molecule has 0 saturated heterocycles. The summed E-state index contributed by atoms with van der Waals surface area (Å²) in [6.45, 7) is 0. The largest absolute Gasteiger partial charge is 0.226 e. The van der Waals surface area contributed by atoms with Crippen LogP contribution in [0.3, 0.4) is 0 Å². The van der Waals surface area contributed by atoms with Crippen molar-refractivity contribution in [1.29, 1.82) is 0 Å². The van der Waals surface area contributed by atoms with Gasteiger partial charge in [-0.3, -0.25) is 0 Å². The molecule has 11 rings (SSSR count). The second kappa shape index (κ2) is 13.4. The van der Waals surface area contributed by atoms with Crippen LogP contribution in [-0.4, -0.2) is 24.9 Å². The molecule has 0 N–H and O–H groups in total. The van der Waals surface area contributed by atoms with Crippen LogP contribution in [0.25, 0.3) is 108 Å². The van der Waals surface area contributed by atoms with Crippen molar-refractivity contribution in [3.8, 4) is 67.9 Å². The molecule has 0 unspecified atom stereocenters. The van der Waals surface area contributed by atoms with Gasteiger partial charge in [0.05, 0.1) is 15.9 Å². The molecule has 0 atom stereocenters. The summed E-state index contributed by atoms with van der Waals surface area (Å²) >= 11 is 3.53. The van der Waals surface area contributed by atoms with Crippen molar-refractivity contribution >= 4 is 63.1 Å². The van der Waals surface area contributed by atoms with Crippen molar-refractivity contribution in [2.75, 3.05) is 0 Å². The third kappa shape index (κ3) is 5.73. The van der Waals surface area contributed by atoms with E-state index in [9.17, 15) is 0 Å². The van der Waals surface area contributed by atoms with Crippen molar-refractivity contribution < 1.29 is 0 Å². The highest BCUT2D eigenvalue weighted by Crippen LogP contribution is 2.42. The summed E-state index contributed by atoms with van der Waals surface area (Å²) in [7, 11) is 0. The summed E-state index contributed by atoms with van der Waals surface area (Å²) < 4.78 is 4.66. The lowest BCUT2D eigenvalue weighted by Gasteiger charge is -2.09. The minimum Gasteiger partial charge on any atom is -0.226 e. The Morgan fingerprint density at radius 1 is 0.286 bits per heavy atom. The summed E-state index contributed by atoms with van der Waals surface area (Å²) in [5.41, 5.74) is 9.18. The van der Waals surface area contributed by atoms with Crippen molar-refractivity contribution in [3.05, 3.63) is 176 Å². The van der Waals surface area contributed by atoms with Gasteiger partial charge in [-0.25, -0.2) is 24.9 Å². The van der Waals surface area contributed by atoms with Gasteiger partial charge in [0.1, 0.15) is 0 Å². The molecule has 0 aliphatic rings. The van der Waals surface area contributed by atoms with Gasteiger partial charge < -0.3 is 0 Å². The number of aromatic nitrogens is 5. The highest BCUT2D eigenvalue weighted by molar-refractivity contribution is 7.26. The zero-order valence-electron chi connectivity index (χ0n) is 29.8. The first-order chi connectivity index (χ1) is 27.7. The van der Waals surface area contributed by atoms with E-state index in [1.165, 1.54) is 25.7 Å². The zero-order valence-corrected chi connectivity index (χ0v) is 31.4. The first-order valence-electron chi connectivity index (χ1n) is 18.4. The van der Waals surface area contributed by atoms with Crippen LogP contribution in [0.15, 0.2) is 176 Å². The average Bonchev–Trinajstić information content (AvgIpc) is 3.84. The quantitative estimate of drug-likeness (QED) is 0.169. The minimum absolute atomic E-state index is 0.645. The molecular formula is C49H29N5S2. The molecule has 0 spiro atoms. The third-order valence-corrected chi connectivity index (χ3v) is 12.5. The molecule has 0 radical (unpaired) electrons. The standard InChI is InChI=1S/C49H29N5S2/c1-4-13-30(14-5-1)33-19-12-20-34(27-33)43-45-44(38-21-10-11-22-40(38)56-45)51-48(50-43)35-24-26-41-39(28-35)37-25-23-36(29-42(37)55-41)49-53-46(31-15-6-2-7-16-31)52-47(54-49)32-17-8-3-9-18-32/h1-29H. The van der Waals surface area contributed by atoms with Crippen LogP contribution in [0.2, 0.25) is 0 Å². The van der Waals surface area contributed by atoms with Crippen LogP contribution in [-0.2, 0) is 0 Å². The molecule has 4 heterocycles. The Bertz CT molecular complexity index is 3190. The number of nitrogens with zero attached hydrogens (tertiary/aromatic N) is 5. The van der Waals surface area contributed by atoms with E-state index in [1.54, 1.807) is 22.7 Å². The van der Waals surface area contributed by atoms with Crippen molar-refractivity contribution in [2.24, 2.45) is 0 Å². The van der Waals surface area contributed by atoms with Gasteiger partial charge in [0.2, 0.25) is 0 Å². The molecule has 0 aliphatic heterocycles. The van der Waals surface area contributed by atoms with E-state index in [2.05, 4.69) is 115 Å². The Balaban J connectivity index is 1.04. The highest BCUT2D eigenvalue weighted by atomic mass is 32.1. The van der Waals surface area contributed by atoms with Crippen LogP contribution >= 0.6 is 22.7 Å². The van der Waals surface area contributed by atoms with E-state index in [0.717, 1.165) is 59.4 Å². The summed E-state index contributed by atoms with van der Waals surface area (Å²) in [6.07, 6.45) is 0. The Morgan fingerprint density at radius 3 is 1.57 bits per heavy atom. The number of rotatable bonds is 6. The average molecular weight is 752 g/mol. The molecule has 7 heteroatoms. The molecule has 0 saturated carbocycles. The number of hydrogen-bond donors (Lipinski definition) is 0. The van der Waals surface area contributed by atoms with Gasteiger partial charge in [-0.15, -0.1) is 22.7 Å². The Kier molecular flexibility index (Phi) is 7.79. The SMILES string of the molecule is c1ccc(-c2cccc(-c3nc(-c4ccc5sc6cc(-c7nc(-c8ccccc8)nc(-c8ccccc8)n7)ccc6c5c4)nc4c3sc3ccccc34)c2)cc1. The minimum atomic E-state index is 0.645. The second-order valence-electron chi connectivity index (χ2n) is 13.7. The topological polar surface area (TPSA) is 64.5 Å². The molecule has 7 aromatic carbocycles. The fraction of sp³-hybridized carbons (Fsp3) is 0. The summed E-state index contributed by atoms with van der Waals surface area (Å²) in [5.74, 6) is 2.66. The van der Waals surface area contributed by atoms with Crippen LogP contribution in [0.4, 0.5) is 0 Å². The molecule has 4 aromatic heterocycles. The predicted octanol–water partition coefficient (Wildman–Crippen LogP) is 13.4. The van der Waals surface area contributed by atoms with Gasteiger partial charge in [-0.1, -0.05) is 140 Å². The van der Waals surface area contributed by atoms with Gasteiger partial charge >= 0.3 is 0 Å². The molecular weight excluding hydrogens is 723 g/mol. The van der Waals surface area contributed by atoms with Gasteiger partial charge in [-0.2, -0.15) is 0 Å². The third-order valence-electron chi connectivity index (χ3n) is 10.1. The summed E-state index contributed by atoms with van der Waals surface area (Å²) in [4.78, 5) is 25.5. The molecule has 56 heavy (non-hydrogen) atoms. The fourth-order valence-electron chi connectivity index (χ4n) is 7.39. The molecule has 262 valence electrons. The Hall–Kier alpha value is -6.93. The molecule has 0 fully saturated rings. The highest BCUT2D eigenvalue weighted by Gasteiger charge is 2.19. The summed E-state index contributed by atoms with van der Waals surface area (Å²) in [5, 5.41) is 3.50. The van der Waals surface area contributed by atoms with Crippen LogP contribution in [0, 0.1) is 0 Å². The number of benzene rings is 7. The maximum atomic E-state index is 5.34. The number of thiophene rings is 2. The lowest BCUT2D eigenvalue weighted by molar-refractivity contribution is 1.07. The maximum Gasteiger partial charge on any atom is 0.164 e. The number of hydrogen-bond acceptors (Lipinski definition) is 7. The first kappa shape index (κ1) is 32.5. The van der Waals surface area contributed by atoms with Gasteiger partial charge in [-0.05, 0) is 47.5 Å². The van der Waals surface area contributed by atoms with Gasteiger partial charge in [0.25, 0.3) is 0 Å². The van der Waals surface area contributed by atoms with E-state index in [4.69, 9.17) is 24.9 Å². The lowest BCUT2D eigenvalue weighted by atomic mass is 10.0. The molecule has 11 aromatic rings. The smallest absolute Gasteiger partial charge is 0.164 e. The lowest BCUT2D eigenvalue weighted by Crippen LogP contribution is -1.99. The van der Waals surface area contributed by atoms with E-state index >= 15 is 0 Å². The van der Waals surface area contributed by atoms with Crippen molar-refractivity contribution in [3.63, 3.8) is 0 Å². The second-order valence-corrected chi connectivity index (χ2v) is 15.8. The molecule has 5 nitrogen and oxygen atoms in total. The van der Waals surface area contributed by atoms with Crippen LogP contribution < -0.4 is 0 Å². The maximum absolute atomic E-state index is 5.34. The van der Waals surface area contributed by atoms with E-state index in [-0.39, 0.29) is 0 Å². The predicted molar refractivity (Wildman–Crippen MR) is 234 cm³/mol. The summed E-state index contributed by atoms with van der Waals surface area (Å²) in [6, 6.07) is 61.0. The van der Waals surface area contributed by atoms with Crippen LogP contribution in [0.1, 0.15) is 0 Å². The number of fused-ring (bicyclic) bond motifs is 6. The Morgan fingerprint density at radius 2 is 0.839 bits per heavy atom. The van der Waals surface area contributed by atoms with E-state index in [1.807, 2.05) is 60.7 Å². The monoisotopic (exact) mass is 751 g/mol. The molecule has 0 amide bonds. The van der Waals surface area contributed by atoms with Crippen LogP contribution in [0.5, 0.6) is 0 Å². The normalized spacial score (nSPS) is 11.6. The van der Waals surface area contributed by atoms with Crippen molar-refractivity contribution in [2.45, 2.75) is 0 Å². The van der Waals surface area contributed by atoms with Gasteiger partial charge in [0, 0.05) is 58.1 Å². The van der Waals surface area contributed by atoms with E-state index in [0.29, 0.717) is 23.3 Å². The molecule has 0 aliphatic carbocycles. The van der Waals surface area contributed by atoms with E-state index < -0.39 is 0 Å². The van der Waals surface area contributed by atoms with Crippen molar-refractivity contribution in [1.82, 2.24) is 24.9 Å². The Labute approximate surface area is 330 Å². The van der Waals surface area contributed by atoms with Gasteiger partial charge in [0.15, 0.2) is 23.3 Å². The zero-order chi connectivity index (χ0) is 37.0.